The van der Waals surface area contributed by atoms with Crippen LogP contribution in [0, 0.1) is 5.92 Å². The molecule has 1 aliphatic carbocycles. The minimum atomic E-state index is -0.146. The Morgan fingerprint density at radius 2 is 2.05 bits per heavy atom. The molecule has 0 bridgehead atoms. The Morgan fingerprint density at radius 1 is 1.32 bits per heavy atom. The molecule has 0 unspecified atom stereocenters. The molecule has 2 aromatic rings. The average Bonchev–Trinajstić information content (AvgIpc) is 2.93. The number of H-pyrrole nitrogens is 1. The second kappa shape index (κ2) is 6.27. The summed E-state index contributed by atoms with van der Waals surface area (Å²) in [6.45, 7) is 0.471. The molecule has 1 saturated carbocycles. The van der Waals surface area contributed by atoms with Crippen molar-refractivity contribution in [2.75, 3.05) is 6.54 Å². The monoisotopic (exact) mass is 318 g/mol. The van der Waals surface area contributed by atoms with E-state index in [0.717, 1.165) is 5.56 Å². The Balaban J connectivity index is 1.50. The number of carbonyl (C=O) groups excluding carboxylic acids is 2. The third kappa shape index (κ3) is 3.33. The van der Waals surface area contributed by atoms with Gasteiger partial charge in [-0.05, 0) is 24.3 Å². The van der Waals surface area contributed by atoms with Crippen molar-refractivity contribution >= 4 is 23.3 Å². The summed E-state index contributed by atoms with van der Waals surface area (Å²) in [6, 6.07) is 7.27. The van der Waals surface area contributed by atoms with E-state index in [1.807, 2.05) is 12.1 Å². The van der Waals surface area contributed by atoms with E-state index in [1.54, 1.807) is 12.1 Å². The van der Waals surface area contributed by atoms with Gasteiger partial charge >= 0.3 is 0 Å². The molecule has 22 heavy (non-hydrogen) atoms. The molecule has 1 amide bonds. The van der Waals surface area contributed by atoms with E-state index in [9.17, 15) is 9.59 Å². The number of carbonyl (C=O) groups is 2. The number of benzene rings is 1. The second-order valence-corrected chi connectivity index (χ2v) is 5.73. The quantitative estimate of drug-likeness (QED) is 0.879. The fourth-order valence-electron chi connectivity index (χ4n) is 2.26. The zero-order valence-electron chi connectivity index (χ0n) is 11.8. The van der Waals surface area contributed by atoms with Crippen molar-refractivity contribution in [3.8, 4) is 11.4 Å². The molecule has 0 saturated heterocycles. The maximum atomic E-state index is 11.7. The first-order valence-electron chi connectivity index (χ1n) is 7.08. The van der Waals surface area contributed by atoms with Gasteiger partial charge in [0, 0.05) is 36.4 Å². The highest BCUT2D eigenvalue weighted by Gasteiger charge is 2.32. The SMILES string of the molecule is O=C1CC(C(=O)NCCc2nc(-c3ccc(Cl)cc3)n[nH]2)C1. The largest absolute Gasteiger partial charge is 0.355 e. The molecule has 3 rings (SSSR count). The molecule has 7 heteroatoms. The topological polar surface area (TPSA) is 87.7 Å². The Kier molecular flexibility index (Phi) is 4.20. The highest BCUT2D eigenvalue weighted by atomic mass is 35.5. The minimum Gasteiger partial charge on any atom is -0.355 e. The number of hydrogen-bond acceptors (Lipinski definition) is 4. The zero-order valence-corrected chi connectivity index (χ0v) is 12.6. The van der Waals surface area contributed by atoms with Crippen molar-refractivity contribution in [2.45, 2.75) is 19.3 Å². The van der Waals surface area contributed by atoms with Gasteiger partial charge in [0.15, 0.2) is 5.82 Å². The lowest BCUT2D eigenvalue weighted by molar-refractivity contribution is -0.137. The summed E-state index contributed by atoms with van der Waals surface area (Å²) in [5.74, 6) is 1.25. The lowest BCUT2D eigenvalue weighted by atomic mass is 9.83. The van der Waals surface area contributed by atoms with Crippen LogP contribution >= 0.6 is 11.6 Å². The maximum absolute atomic E-state index is 11.7. The summed E-state index contributed by atoms with van der Waals surface area (Å²) in [4.78, 5) is 26.9. The fourth-order valence-corrected chi connectivity index (χ4v) is 2.38. The smallest absolute Gasteiger partial charge is 0.224 e. The van der Waals surface area contributed by atoms with Crippen molar-refractivity contribution in [1.29, 1.82) is 0 Å². The van der Waals surface area contributed by atoms with E-state index < -0.39 is 0 Å². The molecular formula is C15H15ClN4O2. The van der Waals surface area contributed by atoms with Gasteiger partial charge in [-0.15, -0.1) is 0 Å². The van der Waals surface area contributed by atoms with E-state index >= 15 is 0 Å². The van der Waals surface area contributed by atoms with Crippen molar-refractivity contribution in [1.82, 2.24) is 20.5 Å². The standard InChI is InChI=1S/C15H15ClN4O2/c16-11-3-1-9(2-4-11)14-18-13(19-20-14)5-6-17-15(22)10-7-12(21)8-10/h1-4,10H,5-8H2,(H,17,22)(H,18,19,20). The van der Waals surface area contributed by atoms with Gasteiger partial charge in [0.25, 0.3) is 0 Å². The molecule has 0 atom stereocenters. The molecule has 1 fully saturated rings. The molecular weight excluding hydrogens is 304 g/mol. The van der Waals surface area contributed by atoms with Crippen LogP contribution in [0.25, 0.3) is 11.4 Å². The number of aromatic nitrogens is 3. The number of Topliss-reactive ketones (excluding diaryl/α,β-unsaturated/α-hetero) is 1. The maximum Gasteiger partial charge on any atom is 0.224 e. The second-order valence-electron chi connectivity index (χ2n) is 5.30. The molecule has 114 valence electrons. The highest BCUT2D eigenvalue weighted by Crippen LogP contribution is 2.22. The van der Waals surface area contributed by atoms with Crippen molar-refractivity contribution in [3.63, 3.8) is 0 Å². The van der Waals surface area contributed by atoms with Crippen molar-refractivity contribution in [3.05, 3.63) is 35.1 Å². The lowest BCUT2D eigenvalue weighted by Crippen LogP contribution is -2.39. The molecule has 0 aliphatic heterocycles. The summed E-state index contributed by atoms with van der Waals surface area (Å²) in [7, 11) is 0. The zero-order chi connectivity index (χ0) is 15.5. The normalized spacial score (nSPS) is 14.7. The van der Waals surface area contributed by atoms with Gasteiger partial charge in [0.05, 0.1) is 5.92 Å². The Hall–Kier alpha value is -2.21. The van der Waals surface area contributed by atoms with Gasteiger partial charge < -0.3 is 5.32 Å². The number of aromatic amines is 1. The molecule has 1 heterocycles. The molecule has 1 aromatic heterocycles. The fraction of sp³-hybridized carbons (Fsp3) is 0.333. The van der Waals surface area contributed by atoms with Crippen molar-refractivity contribution in [2.24, 2.45) is 5.92 Å². The van der Waals surface area contributed by atoms with Crippen LogP contribution in [0.15, 0.2) is 24.3 Å². The molecule has 2 N–H and O–H groups in total. The Labute approximate surface area is 132 Å². The van der Waals surface area contributed by atoms with E-state index in [-0.39, 0.29) is 17.6 Å². The summed E-state index contributed by atoms with van der Waals surface area (Å²) in [5, 5.41) is 10.5. The third-order valence-corrected chi connectivity index (χ3v) is 3.87. The van der Waals surface area contributed by atoms with Crippen LogP contribution in [0.3, 0.4) is 0 Å². The molecule has 1 aliphatic rings. The third-order valence-electron chi connectivity index (χ3n) is 3.61. The van der Waals surface area contributed by atoms with Gasteiger partial charge in [-0.3, -0.25) is 14.7 Å². The summed E-state index contributed by atoms with van der Waals surface area (Å²) >= 11 is 5.84. The van der Waals surface area contributed by atoms with E-state index in [0.29, 0.717) is 42.5 Å². The number of halogens is 1. The van der Waals surface area contributed by atoms with Gasteiger partial charge in [-0.1, -0.05) is 11.6 Å². The van der Waals surface area contributed by atoms with Crippen LogP contribution in [-0.4, -0.2) is 33.4 Å². The Morgan fingerprint density at radius 3 is 2.73 bits per heavy atom. The highest BCUT2D eigenvalue weighted by molar-refractivity contribution is 6.30. The first-order chi connectivity index (χ1) is 10.6. The van der Waals surface area contributed by atoms with Gasteiger partial charge in [-0.25, -0.2) is 4.98 Å². The lowest BCUT2D eigenvalue weighted by Gasteiger charge is -2.22. The number of amides is 1. The molecule has 0 radical (unpaired) electrons. The predicted octanol–water partition coefficient (Wildman–Crippen LogP) is 1.76. The summed E-state index contributed by atoms with van der Waals surface area (Å²) in [6.07, 6.45) is 1.30. The Bertz CT molecular complexity index is 688. The van der Waals surface area contributed by atoms with E-state index in [1.165, 1.54) is 0 Å². The van der Waals surface area contributed by atoms with Crippen LogP contribution in [0.5, 0.6) is 0 Å². The summed E-state index contributed by atoms with van der Waals surface area (Å²) in [5.41, 5.74) is 0.879. The molecule has 6 nitrogen and oxygen atoms in total. The van der Waals surface area contributed by atoms with Crippen LogP contribution in [0.2, 0.25) is 5.02 Å². The number of nitrogens with zero attached hydrogens (tertiary/aromatic N) is 2. The van der Waals surface area contributed by atoms with Gasteiger partial charge in [0.2, 0.25) is 5.91 Å². The summed E-state index contributed by atoms with van der Waals surface area (Å²) < 4.78 is 0. The predicted molar refractivity (Wildman–Crippen MR) is 81.3 cm³/mol. The van der Waals surface area contributed by atoms with E-state index in [2.05, 4.69) is 20.5 Å². The number of hydrogen-bond donors (Lipinski definition) is 2. The number of rotatable bonds is 5. The molecule has 1 aromatic carbocycles. The first kappa shape index (κ1) is 14.7. The van der Waals surface area contributed by atoms with Crippen molar-refractivity contribution < 1.29 is 9.59 Å². The van der Waals surface area contributed by atoms with Gasteiger partial charge in [0.1, 0.15) is 11.6 Å². The first-order valence-corrected chi connectivity index (χ1v) is 7.46. The number of ketones is 1. The van der Waals surface area contributed by atoms with Crippen LogP contribution < -0.4 is 5.32 Å². The average molecular weight is 319 g/mol. The van der Waals surface area contributed by atoms with Gasteiger partial charge in [-0.2, -0.15) is 5.10 Å². The van der Waals surface area contributed by atoms with Crippen LogP contribution in [-0.2, 0) is 16.0 Å². The molecule has 0 spiro atoms. The van der Waals surface area contributed by atoms with Crippen LogP contribution in [0.1, 0.15) is 18.7 Å². The van der Waals surface area contributed by atoms with Crippen LogP contribution in [0.4, 0.5) is 0 Å². The van der Waals surface area contributed by atoms with E-state index in [4.69, 9.17) is 11.6 Å². The minimum absolute atomic E-state index is 0.0583. The number of nitrogens with one attached hydrogen (secondary N) is 2.